The van der Waals surface area contributed by atoms with Gasteiger partial charge in [0.05, 0.1) is 4.90 Å². The third-order valence-corrected chi connectivity index (χ3v) is 7.68. The lowest BCUT2D eigenvalue weighted by Gasteiger charge is -2.22. The molecular formula is C23H22ClN3O3S. The molecule has 0 aromatic heterocycles. The molecule has 0 saturated carbocycles. The number of carbonyl (C=O) groups excluding carboxylic acids is 1. The van der Waals surface area contributed by atoms with Crippen molar-refractivity contribution in [1.82, 2.24) is 10.0 Å². The molecule has 1 atom stereocenters. The van der Waals surface area contributed by atoms with Gasteiger partial charge in [-0.25, -0.2) is 8.42 Å². The van der Waals surface area contributed by atoms with Gasteiger partial charge in [0.1, 0.15) is 6.04 Å². The van der Waals surface area contributed by atoms with E-state index in [2.05, 4.69) is 16.1 Å². The van der Waals surface area contributed by atoms with Crippen LogP contribution < -0.4 is 14.9 Å². The number of nitrogens with zero attached hydrogens (tertiary/aromatic N) is 1. The molecular weight excluding hydrogens is 434 g/mol. The Morgan fingerprint density at radius 1 is 1.00 bits per heavy atom. The summed E-state index contributed by atoms with van der Waals surface area (Å²) in [6.45, 7) is 2.23. The number of anilines is 1. The fourth-order valence-electron chi connectivity index (χ4n) is 4.30. The molecule has 8 heteroatoms. The van der Waals surface area contributed by atoms with Gasteiger partial charge in [0, 0.05) is 23.8 Å². The largest absolute Gasteiger partial charge is 0.312 e. The van der Waals surface area contributed by atoms with Gasteiger partial charge in [0.2, 0.25) is 15.9 Å². The zero-order valence-corrected chi connectivity index (χ0v) is 18.3. The van der Waals surface area contributed by atoms with Crippen LogP contribution in [0.4, 0.5) is 5.69 Å². The van der Waals surface area contributed by atoms with Crippen LogP contribution in [0, 0.1) is 0 Å². The van der Waals surface area contributed by atoms with Crippen LogP contribution in [-0.4, -0.2) is 33.5 Å². The molecule has 2 aliphatic heterocycles. The number of benzene rings is 3. The van der Waals surface area contributed by atoms with Crippen molar-refractivity contribution in [3.05, 3.63) is 70.7 Å². The highest BCUT2D eigenvalue weighted by atomic mass is 35.5. The first-order valence-electron chi connectivity index (χ1n) is 10.3. The van der Waals surface area contributed by atoms with E-state index in [9.17, 15) is 13.2 Å². The number of hydrogen-bond acceptors (Lipinski definition) is 4. The normalized spacial score (nSPS) is 19.1. The van der Waals surface area contributed by atoms with Gasteiger partial charge in [-0.1, -0.05) is 29.8 Å². The summed E-state index contributed by atoms with van der Waals surface area (Å²) >= 11 is 6.00. The Morgan fingerprint density at radius 2 is 1.81 bits per heavy atom. The minimum atomic E-state index is -3.84. The summed E-state index contributed by atoms with van der Waals surface area (Å²) in [4.78, 5) is 14.8. The zero-order chi connectivity index (χ0) is 21.6. The lowest BCUT2D eigenvalue weighted by molar-refractivity contribution is -0.118. The Hall–Kier alpha value is -2.45. The maximum atomic E-state index is 13.0. The van der Waals surface area contributed by atoms with Gasteiger partial charge >= 0.3 is 0 Å². The second kappa shape index (κ2) is 7.91. The Balaban J connectivity index is 1.35. The van der Waals surface area contributed by atoms with Crippen molar-refractivity contribution >= 4 is 44.0 Å². The minimum absolute atomic E-state index is 0.133. The van der Waals surface area contributed by atoms with Gasteiger partial charge in [-0.15, -0.1) is 0 Å². The van der Waals surface area contributed by atoms with Gasteiger partial charge in [-0.3, -0.25) is 4.79 Å². The fraction of sp³-hybridized carbons (Fsp3) is 0.261. The molecule has 0 aliphatic carbocycles. The van der Waals surface area contributed by atoms with Gasteiger partial charge in [0.15, 0.2) is 0 Å². The van der Waals surface area contributed by atoms with E-state index in [4.69, 9.17) is 11.6 Å². The molecule has 1 saturated heterocycles. The molecule has 0 bridgehead atoms. The number of sulfonamides is 1. The smallest absolute Gasteiger partial charge is 0.245 e. The first kappa shape index (κ1) is 20.5. The first-order valence-corrected chi connectivity index (χ1v) is 12.1. The fourth-order valence-corrected chi connectivity index (χ4v) is 5.74. The van der Waals surface area contributed by atoms with Gasteiger partial charge in [-0.2, -0.15) is 4.72 Å². The van der Waals surface area contributed by atoms with Gasteiger partial charge in [0.25, 0.3) is 0 Å². The summed E-state index contributed by atoms with van der Waals surface area (Å²) in [5, 5.41) is 5.56. The highest BCUT2D eigenvalue weighted by Gasteiger charge is 2.36. The third-order valence-electron chi connectivity index (χ3n) is 5.98. The molecule has 31 heavy (non-hydrogen) atoms. The number of hydrogen-bond donors (Lipinski definition) is 2. The molecule has 1 amide bonds. The Bertz CT molecular complexity index is 1290. The van der Waals surface area contributed by atoms with Crippen molar-refractivity contribution < 1.29 is 13.2 Å². The number of halogens is 1. The second-order valence-corrected chi connectivity index (χ2v) is 10.1. The van der Waals surface area contributed by atoms with Gasteiger partial charge in [-0.05, 0) is 77.7 Å². The van der Waals surface area contributed by atoms with Crippen LogP contribution in [0.25, 0.3) is 10.8 Å². The average Bonchev–Trinajstić information content (AvgIpc) is 3.12. The number of fused-ring (bicyclic) bond motifs is 2. The highest BCUT2D eigenvalue weighted by molar-refractivity contribution is 7.89. The van der Waals surface area contributed by atoms with E-state index in [1.165, 1.54) is 17.2 Å². The Morgan fingerprint density at radius 3 is 2.68 bits per heavy atom. The van der Waals surface area contributed by atoms with Crippen molar-refractivity contribution in [2.75, 3.05) is 18.0 Å². The van der Waals surface area contributed by atoms with Crippen LogP contribution in [0.5, 0.6) is 0 Å². The number of rotatable bonds is 4. The topological polar surface area (TPSA) is 78.5 Å². The van der Waals surface area contributed by atoms with Crippen molar-refractivity contribution in [3.63, 3.8) is 0 Å². The molecule has 0 unspecified atom stereocenters. The predicted octanol–water partition coefficient (Wildman–Crippen LogP) is 3.22. The molecule has 2 heterocycles. The van der Waals surface area contributed by atoms with Crippen molar-refractivity contribution in [2.45, 2.75) is 30.3 Å². The lowest BCUT2D eigenvalue weighted by Crippen LogP contribution is -2.41. The van der Waals surface area contributed by atoms with Crippen LogP contribution in [-0.2, 0) is 27.8 Å². The molecule has 3 aromatic rings. The van der Waals surface area contributed by atoms with Crippen molar-refractivity contribution in [1.29, 1.82) is 0 Å². The van der Waals surface area contributed by atoms with Crippen molar-refractivity contribution in [3.8, 4) is 0 Å². The third kappa shape index (κ3) is 3.94. The quantitative estimate of drug-likeness (QED) is 0.633. The van der Waals surface area contributed by atoms with Crippen molar-refractivity contribution in [2.24, 2.45) is 0 Å². The SMILES string of the molecule is O=C1[C@@H](NS(=O)(=O)c2ccc3cc(Cl)ccc3c2)CCN1c1ccc2c(c1)CNCC2. The van der Waals surface area contributed by atoms with Crippen LogP contribution in [0.3, 0.4) is 0 Å². The van der Waals surface area contributed by atoms with Crippen LogP contribution in [0.15, 0.2) is 59.5 Å². The molecule has 2 aliphatic rings. The Labute approximate surface area is 186 Å². The van der Waals surface area contributed by atoms with E-state index in [0.717, 1.165) is 36.0 Å². The average molecular weight is 456 g/mol. The van der Waals surface area contributed by atoms with E-state index in [-0.39, 0.29) is 10.8 Å². The minimum Gasteiger partial charge on any atom is -0.312 e. The molecule has 1 fully saturated rings. The zero-order valence-electron chi connectivity index (χ0n) is 16.8. The number of carbonyl (C=O) groups is 1. The predicted molar refractivity (Wildman–Crippen MR) is 122 cm³/mol. The molecule has 5 rings (SSSR count). The summed E-state index contributed by atoms with van der Waals surface area (Å²) < 4.78 is 28.5. The highest BCUT2D eigenvalue weighted by Crippen LogP contribution is 2.27. The standard InChI is InChI=1S/C23H22ClN3O3S/c24-19-4-1-17-13-21(6-3-16(17)11-19)31(29,30)26-22-8-10-27(23(22)28)20-5-2-15-7-9-25-14-18(15)12-20/h1-6,11-13,22,25-26H,7-10,14H2/t22-/m0/s1. The van der Waals surface area contributed by atoms with E-state index in [1.54, 1.807) is 35.2 Å². The molecule has 3 aromatic carbocycles. The molecule has 6 nitrogen and oxygen atoms in total. The van der Waals surface area contributed by atoms with E-state index >= 15 is 0 Å². The monoisotopic (exact) mass is 455 g/mol. The van der Waals surface area contributed by atoms with E-state index in [0.29, 0.717) is 18.0 Å². The molecule has 0 spiro atoms. The van der Waals surface area contributed by atoms with E-state index in [1.807, 2.05) is 12.1 Å². The lowest BCUT2D eigenvalue weighted by atomic mass is 10.0. The second-order valence-electron chi connectivity index (χ2n) is 7.99. The van der Waals surface area contributed by atoms with Crippen LogP contribution >= 0.6 is 11.6 Å². The maximum absolute atomic E-state index is 13.0. The number of amides is 1. The molecule has 2 N–H and O–H groups in total. The summed E-state index contributed by atoms with van der Waals surface area (Å²) in [6, 6.07) is 15.4. The van der Waals surface area contributed by atoms with E-state index < -0.39 is 16.1 Å². The van der Waals surface area contributed by atoms with Crippen LogP contribution in [0.2, 0.25) is 5.02 Å². The summed E-state index contributed by atoms with van der Waals surface area (Å²) in [5.41, 5.74) is 3.30. The summed E-state index contributed by atoms with van der Waals surface area (Å²) in [6.07, 6.45) is 1.40. The number of nitrogens with one attached hydrogen (secondary N) is 2. The van der Waals surface area contributed by atoms with Gasteiger partial charge < -0.3 is 10.2 Å². The van der Waals surface area contributed by atoms with Crippen LogP contribution in [0.1, 0.15) is 17.5 Å². The first-order chi connectivity index (χ1) is 14.9. The summed E-state index contributed by atoms with van der Waals surface area (Å²) in [7, 11) is -3.84. The molecule has 160 valence electrons. The maximum Gasteiger partial charge on any atom is 0.245 e. The summed E-state index contributed by atoms with van der Waals surface area (Å²) in [5.74, 6) is -0.222. The molecule has 0 radical (unpaired) electrons. The Kier molecular flexibility index (Phi) is 5.22.